The lowest BCUT2D eigenvalue weighted by atomic mass is 9.86. The van der Waals surface area contributed by atoms with E-state index in [-0.39, 0.29) is 17.9 Å². The van der Waals surface area contributed by atoms with Crippen molar-refractivity contribution in [2.24, 2.45) is 0 Å². The van der Waals surface area contributed by atoms with Gasteiger partial charge < -0.3 is 10.1 Å². The zero-order valence-electron chi connectivity index (χ0n) is 13.5. The molecule has 0 unspecified atom stereocenters. The van der Waals surface area contributed by atoms with Gasteiger partial charge in [0.1, 0.15) is 0 Å². The Morgan fingerprint density at radius 1 is 1.09 bits per heavy atom. The minimum absolute atomic E-state index is 0.0996. The Kier molecular flexibility index (Phi) is 5.11. The van der Waals surface area contributed by atoms with E-state index < -0.39 is 5.97 Å². The zero-order chi connectivity index (χ0) is 16.9. The van der Waals surface area contributed by atoms with Crippen LogP contribution >= 0.6 is 0 Å². The van der Waals surface area contributed by atoms with Crippen molar-refractivity contribution in [1.82, 2.24) is 4.98 Å². The molecule has 0 saturated heterocycles. The number of aromatic nitrogens is 1. The normalized spacial score (nSPS) is 10.9. The fraction of sp³-hybridized carbons (Fsp3) is 0.278. The standard InChI is InChI=1S/C18H20N2O3/c1-18(2,3)14-6-4-5-7-15(14)20-16(21)12-23-17(22)13-8-10-19-11-9-13/h4-11H,12H2,1-3H3,(H,20,21). The molecule has 23 heavy (non-hydrogen) atoms. The van der Waals surface area contributed by atoms with Crippen LogP contribution in [0.4, 0.5) is 5.69 Å². The first kappa shape index (κ1) is 16.7. The van der Waals surface area contributed by atoms with Gasteiger partial charge in [-0.05, 0) is 29.2 Å². The molecule has 2 aromatic rings. The zero-order valence-corrected chi connectivity index (χ0v) is 13.5. The number of hydrogen-bond donors (Lipinski definition) is 1. The molecule has 1 aromatic heterocycles. The van der Waals surface area contributed by atoms with Gasteiger partial charge in [-0.25, -0.2) is 4.79 Å². The highest BCUT2D eigenvalue weighted by atomic mass is 16.5. The second kappa shape index (κ2) is 7.05. The van der Waals surface area contributed by atoms with Gasteiger partial charge in [-0.15, -0.1) is 0 Å². The summed E-state index contributed by atoms with van der Waals surface area (Å²) >= 11 is 0. The van der Waals surface area contributed by atoms with Gasteiger partial charge in [0.15, 0.2) is 6.61 Å². The van der Waals surface area contributed by atoms with Crippen molar-refractivity contribution in [3.05, 3.63) is 59.9 Å². The molecule has 1 aromatic carbocycles. The lowest BCUT2D eigenvalue weighted by Crippen LogP contribution is -2.23. The summed E-state index contributed by atoms with van der Waals surface area (Å²) in [5, 5.41) is 2.80. The van der Waals surface area contributed by atoms with Gasteiger partial charge >= 0.3 is 5.97 Å². The van der Waals surface area contributed by atoms with E-state index >= 15 is 0 Å². The quantitative estimate of drug-likeness (QED) is 0.880. The van der Waals surface area contributed by atoms with Gasteiger partial charge in [0, 0.05) is 18.1 Å². The summed E-state index contributed by atoms with van der Waals surface area (Å²) in [6.07, 6.45) is 2.99. The van der Waals surface area contributed by atoms with Crippen LogP contribution in [0.15, 0.2) is 48.8 Å². The number of carbonyl (C=O) groups excluding carboxylic acids is 2. The minimum Gasteiger partial charge on any atom is -0.452 e. The highest BCUT2D eigenvalue weighted by molar-refractivity contribution is 5.95. The Hall–Kier alpha value is -2.69. The summed E-state index contributed by atoms with van der Waals surface area (Å²) < 4.78 is 5.01. The number of rotatable bonds is 4. The number of amides is 1. The second-order valence-electron chi connectivity index (χ2n) is 6.16. The molecule has 2 rings (SSSR count). The third-order valence-electron chi connectivity index (χ3n) is 3.26. The van der Waals surface area contributed by atoms with Crippen LogP contribution < -0.4 is 5.32 Å². The van der Waals surface area contributed by atoms with Gasteiger partial charge in [0.05, 0.1) is 5.56 Å². The van der Waals surface area contributed by atoms with E-state index in [1.165, 1.54) is 24.5 Å². The average Bonchev–Trinajstić information content (AvgIpc) is 2.53. The first-order valence-corrected chi connectivity index (χ1v) is 7.34. The molecule has 120 valence electrons. The van der Waals surface area contributed by atoms with Crippen molar-refractivity contribution in [3.8, 4) is 0 Å². The third-order valence-corrected chi connectivity index (χ3v) is 3.26. The number of anilines is 1. The van der Waals surface area contributed by atoms with Gasteiger partial charge in [-0.3, -0.25) is 9.78 Å². The molecule has 5 nitrogen and oxygen atoms in total. The SMILES string of the molecule is CC(C)(C)c1ccccc1NC(=O)COC(=O)c1ccncc1. The first-order valence-electron chi connectivity index (χ1n) is 7.34. The van der Waals surface area contributed by atoms with E-state index in [4.69, 9.17) is 4.74 Å². The fourth-order valence-electron chi connectivity index (χ4n) is 2.13. The number of hydrogen-bond acceptors (Lipinski definition) is 4. The molecule has 1 amide bonds. The highest BCUT2D eigenvalue weighted by Gasteiger charge is 2.19. The van der Waals surface area contributed by atoms with E-state index in [1.54, 1.807) is 0 Å². The predicted octanol–water partition coefficient (Wildman–Crippen LogP) is 3.17. The van der Waals surface area contributed by atoms with Gasteiger partial charge in [0.2, 0.25) is 0 Å². The van der Waals surface area contributed by atoms with Crippen LogP contribution in [0.2, 0.25) is 0 Å². The number of benzene rings is 1. The van der Waals surface area contributed by atoms with Crippen LogP contribution in [-0.4, -0.2) is 23.5 Å². The third kappa shape index (κ3) is 4.64. The molecule has 0 spiro atoms. The van der Waals surface area contributed by atoms with E-state index in [2.05, 4.69) is 31.1 Å². The summed E-state index contributed by atoms with van der Waals surface area (Å²) in [6.45, 7) is 5.88. The van der Waals surface area contributed by atoms with Crippen LogP contribution in [0, 0.1) is 0 Å². The summed E-state index contributed by atoms with van der Waals surface area (Å²) in [4.78, 5) is 27.6. The monoisotopic (exact) mass is 312 g/mol. The Morgan fingerprint density at radius 2 is 1.74 bits per heavy atom. The van der Waals surface area contributed by atoms with Crippen LogP contribution in [0.1, 0.15) is 36.7 Å². The van der Waals surface area contributed by atoms with E-state index in [0.717, 1.165) is 11.3 Å². The van der Waals surface area contributed by atoms with Crippen molar-refractivity contribution in [3.63, 3.8) is 0 Å². The van der Waals surface area contributed by atoms with Gasteiger partial charge in [-0.1, -0.05) is 39.0 Å². The topological polar surface area (TPSA) is 68.3 Å². The van der Waals surface area contributed by atoms with Crippen molar-refractivity contribution < 1.29 is 14.3 Å². The molecule has 1 heterocycles. The van der Waals surface area contributed by atoms with E-state index in [9.17, 15) is 9.59 Å². The molecule has 0 fully saturated rings. The minimum atomic E-state index is -0.549. The lowest BCUT2D eigenvalue weighted by molar-refractivity contribution is -0.119. The summed E-state index contributed by atoms with van der Waals surface area (Å²) in [5.41, 5.74) is 2.01. The maximum absolute atomic E-state index is 12.0. The molecule has 0 aliphatic carbocycles. The maximum Gasteiger partial charge on any atom is 0.338 e. The lowest BCUT2D eigenvalue weighted by Gasteiger charge is -2.22. The van der Waals surface area contributed by atoms with Crippen LogP contribution in [0.25, 0.3) is 0 Å². The molecule has 0 bridgehead atoms. The van der Waals surface area contributed by atoms with Crippen molar-refractivity contribution >= 4 is 17.6 Å². The molecule has 0 aliphatic heterocycles. The summed E-state index contributed by atoms with van der Waals surface area (Å²) in [6, 6.07) is 10.7. The second-order valence-corrected chi connectivity index (χ2v) is 6.16. The summed E-state index contributed by atoms with van der Waals surface area (Å²) in [5.74, 6) is -0.921. The number of nitrogens with zero attached hydrogens (tertiary/aromatic N) is 1. The van der Waals surface area contributed by atoms with E-state index in [1.807, 2.05) is 24.3 Å². The largest absolute Gasteiger partial charge is 0.452 e. The number of ether oxygens (including phenoxy) is 1. The number of esters is 1. The molecule has 0 aliphatic rings. The molecule has 0 radical (unpaired) electrons. The molecular formula is C18H20N2O3. The van der Waals surface area contributed by atoms with Crippen LogP contribution in [0.3, 0.4) is 0 Å². The number of carbonyl (C=O) groups is 2. The van der Waals surface area contributed by atoms with Crippen LogP contribution in [0.5, 0.6) is 0 Å². The Morgan fingerprint density at radius 3 is 2.39 bits per heavy atom. The molecule has 0 saturated carbocycles. The molecular weight excluding hydrogens is 292 g/mol. The Balaban J connectivity index is 1.97. The maximum atomic E-state index is 12.0. The molecule has 0 atom stereocenters. The number of para-hydroxylation sites is 1. The predicted molar refractivity (Wildman–Crippen MR) is 88.3 cm³/mol. The molecule has 1 N–H and O–H groups in total. The van der Waals surface area contributed by atoms with Crippen LogP contribution in [-0.2, 0) is 14.9 Å². The average molecular weight is 312 g/mol. The molecule has 5 heteroatoms. The van der Waals surface area contributed by atoms with Crippen molar-refractivity contribution in [1.29, 1.82) is 0 Å². The number of pyridine rings is 1. The summed E-state index contributed by atoms with van der Waals surface area (Å²) in [7, 11) is 0. The Bertz CT molecular complexity index is 691. The first-order chi connectivity index (χ1) is 10.9. The van der Waals surface area contributed by atoms with Crippen molar-refractivity contribution in [2.45, 2.75) is 26.2 Å². The van der Waals surface area contributed by atoms with Gasteiger partial charge in [-0.2, -0.15) is 0 Å². The van der Waals surface area contributed by atoms with Crippen molar-refractivity contribution in [2.75, 3.05) is 11.9 Å². The Labute approximate surface area is 135 Å². The smallest absolute Gasteiger partial charge is 0.338 e. The highest BCUT2D eigenvalue weighted by Crippen LogP contribution is 2.29. The van der Waals surface area contributed by atoms with E-state index in [0.29, 0.717) is 5.56 Å². The van der Waals surface area contributed by atoms with Gasteiger partial charge in [0.25, 0.3) is 5.91 Å². The fourth-order valence-corrected chi connectivity index (χ4v) is 2.13. The number of nitrogens with one attached hydrogen (secondary N) is 1.